The molecule has 0 bridgehead atoms. The molecule has 4 heteroatoms. The highest BCUT2D eigenvalue weighted by atomic mass is 16.5. The van der Waals surface area contributed by atoms with Gasteiger partial charge in [0.25, 0.3) is 0 Å². The molecule has 0 radical (unpaired) electrons. The average molecular weight is 422 g/mol. The Morgan fingerprint density at radius 3 is 1.41 bits per heavy atom. The Balaban J connectivity index is 2.04. The van der Waals surface area contributed by atoms with Gasteiger partial charge in [0.05, 0.1) is 14.2 Å². The Labute approximate surface area is 186 Å². The van der Waals surface area contributed by atoms with Crippen LogP contribution in [0.5, 0.6) is 11.5 Å². The van der Waals surface area contributed by atoms with Crippen molar-refractivity contribution in [2.24, 2.45) is 0 Å². The summed E-state index contributed by atoms with van der Waals surface area (Å²) in [5, 5.41) is 4.09. The first-order valence-corrected chi connectivity index (χ1v) is 10.2. The van der Waals surface area contributed by atoms with Gasteiger partial charge in [0.2, 0.25) is 0 Å². The topological polar surface area (TPSA) is 52.6 Å². The summed E-state index contributed by atoms with van der Waals surface area (Å²) in [7, 11) is 3.32. The molecular weight excluding hydrogens is 400 g/mol. The number of ether oxygens (including phenoxy) is 2. The van der Waals surface area contributed by atoms with E-state index < -0.39 is 0 Å². The molecule has 0 fully saturated rings. The number of allylic oxidation sites excluding steroid dienone is 2. The molecule has 0 unspecified atom stereocenters. The third kappa shape index (κ3) is 3.91. The van der Waals surface area contributed by atoms with Gasteiger partial charge in [-0.2, -0.15) is 0 Å². The van der Waals surface area contributed by atoms with Crippen LogP contribution in [0, 0.1) is 0 Å². The molecule has 0 saturated carbocycles. The van der Waals surface area contributed by atoms with Crippen LogP contribution >= 0.6 is 0 Å². The minimum Gasteiger partial charge on any atom is -0.496 e. The van der Waals surface area contributed by atoms with Gasteiger partial charge in [-0.3, -0.25) is 9.59 Å². The molecular formula is C28H22O4. The van der Waals surface area contributed by atoms with E-state index in [9.17, 15) is 9.59 Å². The van der Waals surface area contributed by atoms with Crippen LogP contribution in [0.25, 0.3) is 44.8 Å². The molecule has 0 aromatic heterocycles. The maximum atomic E-state index is 10.7. The fourth-order valence-corrected chi connectivity index (χ4v) is 4.02. The maximum absolute atomic E-state index is 10.7. The second kappa shape index (κ2) is 9.31. The molecule has 0 heterocycles. The predicted molar refractivity (Wildman–Crippen MR) is 130 cm³/mol. The quantitative estimate of drug-likeness (QED) is 0.267. The molecule has 4 aromatic rings. The first kappa shape index (κ1) is 21.1. The van der Waals surface area contributed by atoms with Crippen LogP contribution in [-0.4, -0.2) is 26.8 Å². The number of rotatable bonds is 7. The zero-order valence-electron chi connectivity index (χ0n) is 17.9. The van der Waals surface area contributed by atoms with Crippen molar-refractivity contribution < 1.29 is 19.1 Å². The van der Waals surface area contributed by atoms with E-state index in [0.717, 1.165) is 67.9 Å². The molecule has 158 valence electrons. The van der Waals surface area contributed by atoms with E-state index in [2.05, 4.69) is 0 Å². The molecule has 0 atom stereocenters. The summed E-state index contributed by atoms with van der Waals surface area (Å²) in [5.74, 6) is 1.48. The van der Waals surface area contributed by atoms with Crippen molar-refractivity contribution in [2.75, 3.05) is 14.2 Å². The second-order valence-electron chi connectivity index (χ2n) is 7.24. The van der Waals surface area contributed by atoms with E-state index in [0.29, 0.717) is 0 Å². The number of hydrogen-bond acceptors (Lipinski definition) is 4. The Morgan fingerprint density at radius 2 is 1.03 bits per heavy atom. The predicted octanol–water partition coefficient (Wildman–Crippen LogP) is 6.10. The van der Waals surface area contributed by atoms with E-state index in [1.54, 1.807) is 26.4 Å². The van der Waals surface area contributed by atoms with E-state index in [1.807, 2.05) is 60.7 Å². The molecule has 0 saturated heterocycles. The van der Waals surface area contributed by atoms with Crippen molar-refractivity contribution in [3.63, 3.8) is 0 Å². The zero-order valence-corrected chi connectivity index (χ0v) is 17.9. The zero-order chi connectivity index (χ0) is 22.5. The monoisotopic (exact) mass is 422 g/mol. The Hall–Kier alpha value is -4.18. The van der Waals surface area contributed by atoms with Crippen LogP contribution < -0.4 is 9.47 Å². The lowest BCUT2D eigenvalue weighted by Crippen LogP contribution is -1.95. The van der Waals surface area contributed by atoms with Gasteiger partial charge in [-0.1, -0.05) is 48.6 Å². The van der Waals surface area contributed by atoms with Crippen LogP contribution in [0.4, 0.5) is 0 Å². The molecule has 4 aromatic carbocycles. The number of hydrogen-bond donors (Lipinski definition) is 0. The van der Waals surface area contributed by atoms with Gasteiger partial charge in [0, 0.05) is 11.1 Å². The summed E-state index contributed by atoms with van der Waals surface area (Å²) in [6.45, 7) is 0. The van der Waals surface area contributed by atoms with Gasteiger partial charge in [-0.05, 0) is 69.1 Å². The standard InChI is InChI=1S/C28H22O4/c1-31-25-13-9-21-17-19(5-3-15-29)7-11-23(21)27(25)28-24-12-8-20(6-4-16-30)18-22(24)10-14-26(28)32-2/h3-18H,1-2H3/b5-3+,6-4+. The first-order valence-electron chi connectivity index (χ1n) is 10.2. The highest BCUT2D eigenvalue weighted by molar-refractivity contribution is 6.10. The molecule has 0 amide bonds. The van der Waals surface area contributed by atoms with Crippen LogP contribution in [0.3, 0.4) is 0 Å². The highest BCUT2D eigenvalue weighted by Crippen LogP contribution is 2.45. The maximum Gasteiger partial charge on any atom is 0.142 e. The Bertz CT molecular complexity index is 1270. The summed E-state index contributed by atoms with van der Waals surface area (Å²) in [4.78, 5) is 21.4. The van der Waals surface area contributed by atoms with Gasteiger partial charge in [-0.15, -0.1) is 0 Å². The van der Waals surface area contributed by atoms with E-state index in [-0.39, 0.29) is 0 Å². The van der Waals surface area contributed by atoms with Crippen LogP contribution in [0.2, 0.25) is 0 Å². The van der Waals surface area contributed by atoms with Crippen molar-refractivity contribution in [1.82, 2.24) is 0 Å². The normalized spacial score (nSPS) is 11.4. The van der Waals surface area contributed by atoms with Crippen LogP contribution in [0.15, 0.2) is 72.8 Å². The van der Waals surface area contributed by atoms with E-state index >= 15 is 0 Å². The van der Waals surface area contributed by atoms with Crippen molar-refractivity contribution >= 4 is 46.3 Å². The average Bonchev–Trinajstić information content (AvgIpc) is 2.84. The molecule has 0 aliphatic rings. The minimum atomic E-state index is 0.740. The number of carbonyl (C=O) groups is 2. The summed E-state index contributed by atoms with van der Waals surface area (Å²) < 4.78 is 11.5. The number of aldehydes is 2. The van der Waals surface area contributed by atoms with E-state index in [1.165, 1.54) is 12.2 Å². The number of methoxy groups -OCH3 is 2. The van der Waals surface area contributed by atoms with Crippen LogP contribution in [0.1, 0.15) is 11.1 Å². The third-order valence-electron chi connectivity index (χ3n) is 5.44. The summed E-state index contributed by atoms with van der Waals surface area (Å²) in [6.07, 6.45) is 8.06. The molecule has 4 rings (SSSR count). The first-order chi connectivity index (χ1) is 15.7. The van der Waals surface area contributed by atoms with Gasteiger partial charge >= 0.3 is 0 Å². The summed E-state index contributed by atoms with van der Waals surface area (Å²) >= 11 is 0. The third-order valence-corrected chi connectivity index (χ3v) is 5.44. The molecule has 32 heavy (non-hydrogen) atoms. The smallest absolute Gasteiger partial charge is 0.142 e. The SMILES string of the molecule is COc1ccc2cc(/C=C/C=O)ccc2c1-c1c(OC)ccc2cc(/C=C/C=O)ccc12. The number of fused-ring (bicyclic) bond motifs is 2. The minimum absolute atomic E-state index is 0.740. The fourth-order valence-electron chi connectivity index (χ4n) is 4.02. The second-order valence-corrected chi connectivity index (χ2v) is 7.24. The highest BCUT2D eigenvalue weighted by Gasteiger charge is 2.18. The van der Waals surface area contributed by atoms with Gasteiger partial charge in [-0.25, -0.2) is 0 Å². The molecule has 0 spiro atoms. The molecule has 0 N–H and O–H groups in total. The fraction of sp³-hybridized carbons (Fsp3) is 0.0714. The Kier molecular flexibility index (Phi) is 6.13. The van der Waals surface area contributed by atoms with Crippen molar-refractivity contribution in [2.45, 2.75) is 0 Å². The summed E-state index contributed by atoms with van der Waals surface area (Å²) in [5.41, 5.74) is 3.76. The van der Waals surface area contributed by atoms with Gasteiger partial charge in [0.1, 0.15) is 24.1 Å². The van der Waals surface area contributed by atoms with Gasteiger partial charge in [0.15, 0.2) is 0 Å². The van der Waals surface area contributed by atoms with Crippen molar-refractivity contribution in [3.8, 4) is 22.6 Å². The summed E-state index contributed by atoms with van der Waals surface area (Å²) in [6, 6.07) is 20.0. The van der Waals surface area contributed by atoms with Crippen molar-refractivity contribution in [1.29, 1.82) is 0 Å². The molecule has 4 nitrogen and oxygen atoms in total. The molecule has 0 aliphatic carbocycles. The Morgan fingerprint density at radius 1 is 0.594 bits per heavy atom. The largest absolute Gasteiger partial charge is 0.496 e. The van der Waals surface area contributed by atoms with Crippen molar-refractivity contribution in [3.05, 3.63) is 83.9 Å². The lowest BCUT2D eigenvalue weighted by atomic mass is 9.91. The number of benzene rings is 4. The lowest BCUT2D eigenvalue weighted by Gasteiger charge is -2.18. The lowest BCUT2D eigenvalue weighted by molar-refractivity contribution is -0.104. The molecule has 0 aliphatic heterocycles. The number of carbonyl (C=O) groups excluding carboxylic acids is 2. The van der Waals surface area contributed by atoms with E-state index in [4.69, 9.17) is 9.47 Å². The van der Waals surface area contributed by atoms with Gasteiger partial charge < -0.3 is 9.47 Å². The van der Waals surface area contributed by atoms with Crippen LogP contribution in [-0.2, 0) is 9.59 Å².